The number of furan rings is 1. The molecule has 2 atom stereocenters. The van der Waals surface area contributed by atoms with Gasteiger partial charge in [0.15, 0.2) is 0 Å². The summed E-state index contributed by atoms with van der Waals surface area (Å²) in [5, 5.41) is 0. The lowest BCUT2D eigenvalue weighted by Crippen LogP contribution is -2.52. The van der Waals surface area contributed by atoms with Gasteiger partial charge in [0.25, 0.3) is 0 Å². The molecule has 1 fully saturated rings. The maximum atomic E-state index is 12.4. The predicted molar refractivity (Wildman–Crippen MR) is 82.8 cm³/mol. The lowest BCUT2D eigenvalue weighted by atomic mass is 9.96. The summed E-state index contributed by atoms with van der Waals surface area (Å²) < 4.78 is 5.53. The van der Waals surface area contributed by atoms with Crippen molar-refractivity contribution in [3.05, 3.63) is 23.7 Å². The first-order valence-electron chi connectivity index (χ1n) is 7.76. The number of amides is 1. The van der Waals surface area contributed by atoms with Gasteiger partial charge in [-0.1, -0.05) is 6.42 Å². The van der Waals surface area contributed by atoms with Crippen molar-refractivity contribution in [2.45, 2.75) is 51.7 Å². The second-order valence-electron chi connectivity index (χ2n) is 6.10. The van der Waals surface area contributed by atoms with E-state index in [1.165, 1.54) is 6.42 Å². The topological polar surface area (TPSA) is 62.7 Å². The van der Waals surface area contributed by atoms with Crippen LogP contribution < -0.4 is 5.73 Å². The van der Waals surface area contributed by atoms with Crippen LogP contribution in [0.15, 0.2) is 16.5 Å². The number of aryl methyl sites for hydroxylation is 1. The average Bonchev–Trinajstić information content (AvgIpc) is 2.86. The molecule has 1 aliphatic heterocycles. The SMILES string of the molecule is Cc1ccc(CN(C)C(=O)CN2C(C)CCCC2CN)o1. The van der Waals surface area contributed by atoms with Crippen LogP contribution in [0.4, 0.5) is 0 Å². The highest BCUT2D eigenvalue weighted by atomic mass is 16.3. The summed E-state index contributed by atoms with van der Waals surface area (Å²) in [7, 11) is 1.83. The third-order valence-corrected chi connectivity index (χ3v) is 4.40. The Balaban J connectivity index is 1.92. The predicted octanol–water partition coefficient (Wildman–Crippen LogP) is 1.75. The molecule has 2 rings (SSSR count). The first kappa shape index (κ1) is 16.0. The quantitative estimate of drug-likeness (QED) is 0.898. The zero-order valence-electron chi connectivity index (χ0n) is 13.3. The summed E-state index contributed by atoms with van der Waals surface area (Å²) in [4.78, 5) is 16.4. The van der Waals surface area contributed by atoms with Gasteiger partial charge >= 0.3 is 0 Å². The van der Waals surface area contributed by atoms with E-state index in [2.05, 4.69) is 11.8 Å². The number of nitrogens with two attached hydrogens (primary N) is 1. The zero-order valence-corrected chi connectivity index (χ0v) is 13.3. The van der Waals surface area contributed by atoms with Gasteiger partial charge in [-0.05, 0) is 38.8 Å². The number of piperidine rings is 1. The van der Waals surface area contributed by atoms with Crippen molar-refractivity contribution in [2.75, 3.05) is 20.1 Å². The number of nitrogens with zero attached hydrogens (tertiary/aromatic N) is 2. The minimum absolute atomic E-state index is 0.122. The van der Waals surface area contributed by atoms with Crippen molar-refractivity contribution in [3.63, 3.8) is 0 Å². The fraction of sp³-hybridized carbons (Fsp3) is 0.688. The van der Waals surface area contributed by atoms with Gasteiger partial charge < -0.3 is 15.1 Å². The minimum atomic E-state index is 0.122. The highest BCUT2D eigenvalue weighted by Gasteiger charge is 2.29. The molecule has 0 radical (unpaired) electrons. The Morgan fingerprint density at radius 1 is 1.48 bits per heavy atom. The van der Waals surface area contributed by atoms with Crippen molar-refractivity contribution < 1.29 is 9.21 Å². The Kier molecular flexibility index (Phi) is 5.42. The number of likely N-dealkylation sites (tertiary alicyclic amines) is 1. The third kappa shape index (κ3) is 4.08. The molecule has 0 spiro atoms. The Morgan fingerprint density at radius 3 is 2.86 bits per heavy atom. The van der Waals surface area contributed by atoms with E-state index in [1.54, 1.807) is 4.90 Å². The Hall–Kier alpha value is -1.33. The minimum Gasteiger partial charge on any atom is -0.464 e. The van der Waals surface area contributed by atoms with Crippen LogP contribution in [-0.2, 0) is 11.3 Å². The van der Waals surface area contributed by atoms with Crippen LogP contribution in [0.25, 0.3) is 0 Å². The van der Waals surface area contributed by atoms with Gasteiger partial charge in [0.2, 0.25) is 5.91 Å². The number of carbonyl (C=O) groups is 1. The molecule has 0 aromatic carbocycles. The summed E-state index contributed by atoms with van der Waals surface area (Å²) in [6.45, 7) is 5.68. The molecule has 2 unspecified atom stereocenters. The first-order valence-corrected chi connectivity index (χ1v) is 7.76. The molecule has 2 N–H and O–H groups in total. The van der Waals surface area contributed by atoms with Gasteiger partial charge in [-0.15, -0.1) is 0 Å². The standard InChI is InChI=1S/C16H27N3O2/c1-12-5-4-6-14(9-17)19(12)11-16(20)18(3)10-15-8-7-13(2)21-15/h7-8,12,14H,4-6,9-11,17H2,1-3H3. The van der Waals surface area contributed by atoms with Gasteiger partial charge in [0, 0.05) is 25.7 Å². The summed E-state index contributed by atoms with van der Waals surface area (Å²) in [5.41, 5.74) is 5.85. The van der Waals surface area contributed by atoms with Crippen LogP contribution in [0.2, 0.25) is 0 Å². The summed E-state index contributed by atoms with van der Waals surface area (Å²) >= 11 is 0. The molecular formula is C16H27N3O2. The van der Waals surface area contributed by atoms with Crippen molar-refractivity contribution in [1.82, 2.24) is 9.80 Å². The van der Waals surface area contributed by atoms with E-state index in [-0.39, 0.29) is 5.91 Å². The summed E-state index contributed by atoms with van der Waals surface area (Å²) in [6, 6.07) is 4.60. The lowest BCUT2D eigenvalue weighted by Gasteiger charge is -2.40. The molecule has 2 heterocycles. The normalized spacial score (nSPS) is 23.2. The Morgan fingerprint density at radius 2 is 2.24 bits per heavy atom. The van der Waals surface area contributed by atoms with Gasteiger partial charge in [-0.25, -0.2) is 0 Å². The van der Waals surface area contributed by atoms with Crippen LogP contribution in [0.5, 0.6) is 0 Å². The summed E-state index contributed by atoms with van der Waals surface area (Å²) in [5.74, 6) is 1.82. The van der Waals surface area contributed by atoms with Crippen molar-refractivity contribution in [2.24, 2.45) is 5.73 Å². The van der Waals surface area contributed by atoms with Gasteiger partial charge in [-0.2, -0.15) is 0 Å². The molecule has 1 saturated heterocycles. The number of likely N-dealkylation sites (N-methyl/N-ethyl adjacent to an activating group) is 1. The van der Waals surface area contributed by atoms with E-state index in [0.717, 1.165) is 24.4 Å². The average molecular weight is 293 g/mol. The van der Waals surface area contributed by atoms with Gasteiger partial charge in [0.05, 0.1) is 13.1 Å². The number of rotatable bonds is 5. The van der Waals surface area contributed by atoms with E-state index in [1.807, 2.05) is 26.1 Å². The third-order valence-electron chi connectivity index (χ3n) is 4.40. The fourth-order valence-corrected chi connectivity index (χ4v) is 3.05. The van der Waals surface area contributed by atoms with Crippen molar-refractivity contribution >= 4 is 5.91 Å². The van der Waals surface area contributed by atoms with E-state index in [0.29, 0.717) is 31.7 Å². The molecule has 118 valence electrons. The molecule has 1 aromatic heterocycles. The van der Waals surface area contributed by atoms with Gasteiger partial charge in [-0.3, -0.25) is 9.69 Å². The molecule has 0 aliphatic carbocycles. The second kappa shape index (κ2) is 7.09. The highest BCUT2D eigenvalue weighted by Crippen LogP contribution is 2.22. The number of hydrogen-bond donors (Lipinski definition) is 1. The van der Waals surface area contributed by atoms with Crippen molar-refractivity contribution in [1.29, 1.82) is 0 Å². The molecule has 5 nitrogen and oxygen atoms in total. The van der Waals surface area contributed by atoms with Gasteiger partial charge in [0.1, 0.15) is 11.5 Å². The largest absolute Gasteiger partial charge is 0.464 e. The van der Waals surface area contributed by atoms with Crippen LogP contribution in [0.1, 0.15) is 37.7 Å². The Bertz CT molecular complexity index is 472. The summed E-state index contributed by atoms with van der Waals surface area (Å²) in [6.07, 6.45) is 3.44. The second-order valence-corrected chi connectivity index (χ2v) is 6.10. The monoisotopic (exact) mass is 293 g/mol. The molecule has 1 aliphatic rings. The molecule has 0 bridgehead atoms. The molecule has 0 saturated carbocycles. The maximum Gasteiger partial charge on any atom is 0.236 e. The Labute approximate surface area is 127 Å². The lowest BCUT2D eigenvalue weighted by molar-refractivity contribution is -0.133. The number of hydrogen-bond acceptors (Lipinski definition) is 4. The van der Waals surface area contributed by atoms with Crippen LogP contribution in [0.3, 0.4) is 0 Å². The first-order chi connectivity index (χ1) is 10.0. The molecular weight excluding hydrogens is 266 g/mol. The van der Waals surface area contributed by atoms with Crippen LogP contribution >= 0.6 is 0 Å². The molecule has 1 aromatic rings. The van der Waals surface area contributed by atoms with E-state index >= 15 is 0 Å². The zero-order chi connectivity index (χ0) is 15.4. The highest BCUT2D eigenvalue weighted by molar-refractivity contribution is 5.78. The smallest absolute Gasteiger partial charge is 0.236 e. The van der Waals surface area contributed by atoms with E-state index < -0.39 is 0 Å². The molecule has 5 heteroatoms. The van der Waals surface area contributed by atoms with Crippen molar-refractivity contribution in [3.8, 4) is 0 Å². The fourth-order valence-electron chi connectivity index (χ4n) is 3.05. The maximum absolute atomic E-state index is 12.4. The van der Waals surface area contributed by atoms with E-state index in [4.69, 9.17) is 10.2 Å². The van der Waals surface area contributed by atoms with Crippen LogP contribution in [0, 0.1) is 6.92 Å². The van der Waals surface area contributed by atoms with Crippen LogP contribution in [-0.4, -0.2) is 47.9 Å². The van der Waals surface area contributed by atoms with E-state index in [9.17, 15) is 4.79 Å². The molecule has 1 amide bonds. The number of carbonyl (C=O) groups excluding carboxylic acids is 1. The molecule has 21 heavy (non-hydrogen) atoms.